The van der Waals surface area contributed by atoms with E-state index in [2.05, 4.69) is 0 Å². The first-order valence-electron chi connectivity index (χ1n) is 6.39. The number of halogens is 1. The summed E-state index contributed by atoms with van der Waals surface area (Å²) < 4.78 is 4.85. The van der Waals surface area contributed by atoms with E-state index in [0.29, 0.717) is 18.2 Å². The van der Waals surface area contributed by atoms with Crippen molar-refractivity contribution in [2.75, 3.05) is 25.4 Å². The number of carbonyl (C=O) groups is 2. The smallest absolute Gasteiger partial charge is 0.325 e. The standard InChI is InChI=1S/C14H18ClNO3S/c1-3-16(9-14(18)19-4-2)13(17)10-20-12-8-6-5-7-11(12)15/h5-8H,3-4,9-10H2,1-2H3. The van der Waals surface area contributed by atoms with Crippen molar-refractivity contribution in [2.45, 2.75) is 18.7 Å². The zero-order chi connectivity index (χ0) is 15.0. The third-order valence-corrected chi connectivity index (χ3v) is 4.05. The van der Waals surface area contributed by atoms with E-state index in [0.717, 1.165) is 4.90 Å². The Hall–Kier alpha value is -1.20. The second kappa shape index (κ2) is 8.87. The number of ether oxygens (including phenoxy) is 1. The van der Waals surface area contributed by atoms with Crippen molar-refractivity contribution >= 4 is 35.2 Å². The molecule has 20 heavy (non-hydrogen) atoms. The van der Waals surface area contributed by atoms with Gasteiger partial charge in [-0.15, -0.1) is 11.8 Å². The Morgan fingerprint density at radius 2 is 2.00 bits per heavy atom. The molecule has 1 aromatic rings. The SMILES string of the molecule is CCOC(=O)CN(CC)C(=O)CSc1ccccc1Cl. The Balaban J connectivity index is 2.51. The van der Waals surface area contributed by atoms with Crippen molar-refractivity contribution in [1.29, 1.82) is 0 Å². The lowest BCUT2D eigenvalue weighted by Crippen LogP contribution is -2.37. The number of benzene rings is 1. The topological polar surface area (TPSA) is 46.6 Å². The molecule has 0 N–H and O–H groups in total. The van der Waals surface area contributed by atoms with Crippen LogP contribution >= 0.6 is 23.4 Å². The first-order chi connectivity index (χ1) is 9.58. The Morgan fingerprint density at radius 1 is 1.30 bits per heavy atom. The zero-order valence-corrected chi connectivity index (χ0v) is 13.2. The number of carbonyl (C=O) groups excluding carboxylic acids is 2. The molecule has 0 atom stereocenters. The minimum Gasteiger partial charge on any atom is -0.465 e. The highest BCUT2D eigenvalue weighted by Gasteiger charge is 2.16. The largest absolute Gasteiger partial charge is 0.465 e. The maximum atomic E-state index is 12.1. The van der Waals surface area contributed by atoms with Gasteiger partial charge in [0.15, 0.2) is 0 Å². The number of likely N-dealkylation sites (N-methyl/N-ethyl adjacent to an activating group) is 1. The lowest BCUT2D eigenvalue weighted by Gasteiger charge is -2.19. The first kappa shape index (κ1) is 16.9. The van der Waals surface area contributed by atoms with Gasteiger partial charge >= 0.3 is 5.97 Å². The number of nitrogens with zero attached hydrogens (tertiary/aromatic N) is 1. The molecule has 0 bridgehead atoms. The van der Waals surface area contributed by atoms with E-state index >= 15 is 0 Å². The number of esters is 1. The van der Waals surface area contributed by atoms with Gasteiger partial charge in [0.25, 0.3) is 0 Å². The number of hydrogen-bond acceptors (Lipinski definition) is 4. The first-order valence-corrected chi connectivity index (χ1v) is 7.75. The molecule has 1 aromatic carbocycles. The lowest BCUT2D eigenvalue weighted by molar-refractivity contribution is -0.148. The summed E-state index contributed by atoms with van der Waals surface area (Å²) in [5.74, 6) is -0.243. The summed E-state index contributed by atoms with van der Waals surface area (Å²) in [7, 11) is 0. The Kier molecular flexibility index (Phi) is 7.47. The molecule has 0 aliphatic carbocycles. The van der Waals surface area contributed by atoms with E-state index in [1.165, 1.54) is 16.7 Å². The Morgan fingerprint density at radius 3 is 2.60 bits per heavy atom. The van der Waals surface area contributed by atoms with Gasteiger partial charge < -0.3 is 9.64 Å². The van der Waals surface area contributed by atoms with E-state index in [9.17, 15) is 9.59 Å². The van der Waals surface area contributed by atoms with Gasteiger partial charge in [0.2, 0.25) is 5.91 Å². The van der Waals surface area contributed by atoms with Crippen LogP contribution in [0.2, 0.25) is 5.02 Å². The van der Waals surface area contributed by atoms with Crippen molar-refractivity contribution in [1.82, 2.24) is 4.90 Å². The van der Waals surface area contributed by atoms with Crippen molar-refractivity contribution in [3.63, 3.8) is 0 Å². The third-order valence-electron chi connectivity index (χ3n) is 2.55. The van der Waals surface area contributed by atoms with E-state index < -0.39 is 0 Å². The molecule has 6 heteroatoms. The monoisotopic (exact) mass is 315 g/mol. The normalized spacial score (nSPS) is 10.2. The summed E-state index contributed by atoms with van der Waals surface area (Å²) in [6, 6.07) is 7.36. The van der Waals surface area contributed by atoms with Gasteiger partial charge in [-0.05, 0) is 26.0 Å². The van der Waals surface area contributed by atoms with Gasteiger partial charge in [0.1, 0.15) is 6.54 Å². The summed E-state index contributed by atoms with van der Waals surface area (Å²) in [5, 5.41) is 0.624. The fourth-order valence-corrected chi connectivity index (χ4v) is 2.67. The molecular formula is C14H18ClNO3S. The number of amides is 1. The van der Waals surface area contributed by atoms with Crippen LogP contribution in [-0.4, -0.2) is 42.2 Å². The number of rotatable bonds is 7. The zero-order valence-electron chi connectivity index (χ0n) is 11.6. The van der Waals surface area contributed by atoms with E-state index in [1.807, 2.05) is 25.1 Å². The molecular weight excluding hydrogens is 298 g/mol. The van der Waals surface area contributed by atoms with Gasteiger partial charge in [-0.1, -0.05) is 23.7 Å². The minimum absolute atomic E-state index is 0.00768. The second-order valence-electron chi connectivity index (χ2n) is 3.93. The molecule has 0 unspecified atom stereocenters. The molecule has 0 saturated carbocycles. The molecule has 110 valence electrons. The van der Waals surface area contributed by atoms with Crippen molar-refractivity contribution in [3.05, 3.63) is 29.3 Å². The van der Waals surface area contributed by atoms with Gasteiger partial charge in [-0.2, -0.15) is 0 Å². The predicted octanol–water partition coefficient (Wildman–Crippen LogP) is 2.84. The van der Waals surface area contributed by atoms with Gasteiger partial charge in [0.05, 0.1) is 17.4 Å². The van der Waals surface area contributed by atoms with Crippen LogP contribution in [0.25, 0.3) is 0 Å². The second-order valence-corrected chi connectivity index (χ2v) is 5.36. The summed E-state index contributed by atoms with van der Waals surface area (Å²) in [6.45, 7) is 4.35. The molecule has 0 spiro atoms. The molecule has 0 heterocycles. The van der Waals surface area contributed by atoms with Crippen LogP contribution in [0.4, 0.5) is 0 Å². The molecule has 0 radical (unpaired) electrons. The molecule has 4 nitrogen and oxygen atoms in total. The third kappa shape index (κ3) is 5.43. The van der Waals surface area contributed by atoms with E-state index in [-0.39, 0.29) is 24.2 Å². The van der Waals surface area contributed by atoms with Crippen molar-refractivity contribution < 1.29 is 14.3 Å². The molecule has 1 amide bonds. The molecule has 0 saturated heterocycles. The summed E-state index contributed by atoms with van der Waals surface area (Å²) >= 11 is 7.39. The number of thioether (sulfide) groups is 1. The van der Waals surface area contributed by atoms with Crippen LogP contribution in [0.15, 0.2) is 29.2 Å². The van der Waals surface area contributed by atoms with Crippen LogP contribution in [0.5, 0.6) is 0 Å². The maximum absolute atomic E-state index is 12.1. The highest BCUT2D eigenvalue weighted by molar-refractivity contribution is 8.00. The number of hydrogen-bond donors (Lipinski definition) is 0. The minimum atomic E-state index is -0.384. The fraction of sp³-hybridized carbons (Fsp3) is 0.429. The average molecular weight is 316 g/mol. The average Bonchev–Trinajstić information content (AvgIpc) is 2.44. The quantitative estimate of drug-likeness (QED) is 0.573. The molecule has 1 rings (SSSR count). The fourth-order valence-electron chi connectivity index (χ4n) is 1.53. The van der Waals surface area contributed by atoms with Crippen LogP contribution in [0.1, 0.15) is 13.8 Å². The van der Waals surface area contributed by atoms with Crippen LogP contribution in [0, 0.1) is 0 Å². The highest BCUT2D eigenvalue weighted by atomic mass is 35.5. The lowest BCUT2D eigenvalue weighted by atomic mass is 10.4. The molecule has 0 aliphatic rings. The summed E-state index contributed by atoms with van der Waals surface area (Å²) in [6.07, 6.45) is 0. The Bertz CT molecular complexity index is 467. The van der Waals surface area contributed by atoms with Gasteiger partial charge in [0, 0.05) is 11.4 Å². The van der Waals surface area contributed by atoms with E-state index in [1.54, 1.807) is 13.0 Å². The van der Waals surface area contributed by atoms with E-state index in [4.69, 9.17) is 16.3 Å². The summed E-state index contributed by atoms with van der Waals surface area (Å²) in [5.41, 5.74) is 0. The maximum Gasteiger partial charge on any atom is 0.325 e. The molecule has 0 fully saturated rings. The Labute approximate surface area is 128 Å². The summed E-state index contributed by atoms with van der Waals surface area (Å²) in [4.78, 5) is 25.8. The van der Waals surface area contributed by atoms with Crippen molar-refractivity contribution in [3.8, 4) is 0 Å². The van der Waals surface area contributed by atoms with Crippen LogP contribution < -0.4 is 0 Å². The highest BCUT2D eigenvalue weighted by Crippen LogP contribution is 2.26. The van der Waals surface area contributed by atoms with Gasteiger partial charge in [-0.3, -0.25) is 9.59 Å². The van der Waals surface area contributed by atoms with Crippen molar-refractivity contribution in [2.24, 2.45) is 0 Å². The molecule has 0 aliphatic heterocycles. The van der Waals surface area contributed by atoms with Crippen LogP contribution in [0.3, 0.4) is 0 Å². The van der Waals surface area contributed by atoms with Gasteiger partial charge in [-0.25, -0.2) is 0 Å². The predicted molar refractivity (Wildman–Crippen MR) is 81.1 cm³/mol. The molecule has 0 aromatic heterocycles. The van der Waals surface area contributed by atoms with Crippen LogP contribution in [-0.2, 0) is 14.3 Å².